The van der Waals surface area contributed by atoms with Gasteiger partial charge in [-0.25, -0.2) is 0 Å². The van der Waals surface area contributed by atoms with Gasteiger partial charge in [0.2, 0.25) is 0 Å². The monoisotopic (exact) mass is 255 g/mol. The Labute approximate surface area is 112 Å². The highest BCUT2D eigenvalue weighted by atomic mass is 16.3. The van der Waals surface area contributed by atoms with Crippen LogP contribution in [0, 0.1) is 13.8 Å². The number of phenolic OH excluding ortho intramolecular Hbond substituents is 1. The van der Waals surface area contributed by atoms with E-state index < -0.39 is 0 Å². The predicted octanol–water partition coefficient (Wildman–Crippen LogP) is 2.94. The zero-order chi connectivity index (χ0) is 13.8. The van der Waals surface area contributed by atoms with Crippen LogP contribution in [0.5, 0.6) is 5.75 Å². The number of aromatic hydroxyl groups is 1. The normalized spacial score (nSPS) is 10.2. The topological polar surface area (TPSA) is 49.3 Å². The van der Waals surface area contributed by atoms with Gasteiger partial charge in [-0.2, -0.15) is 0 Å². The Kier molecular flexibility index (Phi) is 3.85. The summed E-state index contributed by atoms with van der Waals surface area (Å²) in [4.78, 5) is 12.1. The van der Waals surface area contributed by atoms with Gasteiger partial charge >= 0.3 is 0 Å². The van der Waals surface area contributed by atoms with Crippen molar-refractivity contribution in [1.29, 1.82) is 0 Å². The first-order chi connectivity index (χ1) is 9.08. The molecule has 0 saturated heterocycles. The molecule has 0 bridgehead atoms. The Hall–Kier alpha value is -2.29. The van der Waals surface area contributed by atoms with E-state index in [4.69, 9.17) is 0 Å². The summed E-state index contributed by atoms with van der Waals surface area (Å²) in [6.45, 7) is 4.33. The second kappa shape index (κ2) is 5.57. The Morgan fingerprint density at radius 2 is 1.89 bits per heavy atom. The lowest BCUT2D eigenvalue weighted by molar-refractivity contribution is 0.0950. The van der Waals surface area contributed by atoms with Crippen molar-refractivity contribution < 1.29 is 9.90 Å². The highest BCUT2D eigenvalue weighted by molar-refractivity contribution is 5.95. The second-order valence-corrected chi connectivity index (χ2v) is 4.60. The molecule has 2 aromatic carbocycles. The molecule has 98 valence electrons. The Balaban J connectivity index is 2.08. The average Bonchev–Trinajstić information content (AvgIpc) is 2.39. The molecule has 0 saturated carbocycles. The molecule has 3 nitrogen and oxygen atoms in total. The van der Waals surface area contributed by atoms with Gasteiger partial charge in [-0.1, -0.05) is 24.3 Å². The van der Waals surface area contributed by atoms with Gasteiger partial charge in [-0.05, 0) is 48.7 Å². The molecular formula is C16H17NO2. The van der Waals surface area contributed by atoms with Crippen molar-refractivity contribution >= 4 is 5.91 Å². The van der Waals surface area contributed by atoms with Crippen molar-refractivity contribution in [2.75, 3.05) is 0 Å². The standard InChI is InChI=1S/C16H17NO2/c1-11-5-3-8-15(12(11)2)16(19)17-10-13-6-4-7-14(18)9-13/h3-9,18H,10H2,1-2H3,(H,17,19). The predicted molar refractivity (Wildman–Crippen MR) is 75.2 cm³/mol. The summed E-state index contributed by atoms with van der Waals surface area (Å²) in [5.41, 5.74) is 3.67. The fraction of sp³-hybridized carbons (Fsp3) is 0.188. The van der Waals surface area contributed by atoms with E-state index in [2.05, 4.69) is 5.32 Å². The molecular weight excluding hydrogens is 238 g/mol. The van der Waals surface area contributed by atoms with Crippen LogP contribution in [0.4, 0.5) is 0 Å². The summed E-state index contributed by atoms with van der Waals surface area (Å²) in [6.07, 6.45) is 0. The van der Waals surface area contributed by atoms with Crippen molar-refractivity contribution in [2.24, 2.45) is 0 Å². The summed E-state index contributed by atoms with van der Waals surface area (Å²) >= 11 is 0. The molecule has 1 amide bonds. The lowest BCUT2D eigenvalue weighted by atomic mass is 10.0. The maximum atomic E-state index is 12.1. The summed E-state index contributed by atoms with van der Waals surface area (Å²) in [5.74, 6) is 0.114. The first-order valence-electron chi connectivity index (χ1n) is 6.20. The number of carbonyl (C=O) groups is 1. The molecule has 0 aliphatic rings. The third kappa shape index (κ3) is 3.13. The third-order valence-corrected chi connectivity index (χ3v) is 3.21. The summed E-state index contributed by atoms with van der Waals surface area (Å²) in [6, 6.07) is 12.6. The zero-order valence-electron chi connectivity index (χ0n) is 11.1. The lowest BCUT2D eigenvalue weighted by Gasteiger charge is -2.09. The number of rotatable bonds is 3. The zero-order valence-corrected chi connectivity index (χ0v) is 11.1. The summed E-state index contributed by atoms with van der Waals surface area (Å²) in [7, 11) is 0. The van der Waals surface area contributed by atoms with Crippen LogP contribution in [0.15, 0.2) is 42.5 Å². The number of hydrogen-bond acceptors (Lipinski definition) is 2. The molecule has 0 heterocycles. The molecule has 2 aromatic rings. The van der Waals surface area contributed by atoms with E-state index in [1.54, 1.807) is 18.2 Å². The Bertz CT molecular complexity index is 605. The molecule has 0 aromatic heterocycles. The quantitative estimate of drug-likeness (QED) is 0.886. The third-order valence-electron chi connectivity index (χ3n) is 3.21. The molecule has 3 heteroatoms. The number of aryl methyl sites for hydroxylation is 1. The number of amides is 1. The van der Waals surface area contributed by atoms with Gasteiger partial charge in [0.05, 0.1) is 0 Å². The smallest absolute Gasteiger partial charge is 0.251 e. The van der Waals surface area contributed by atoms with Crippen LogP contribution in [0.3, 0.4) is 0 Å². The molecule has 0 aliphatic carbocycles. The van der Waals surface area contributed by atoms with E-state index in [9.17, 15) is 9.90 Å². The van der Waals surface area contributed by atoms with E-state index >= 15 is 0 Å². The van der Waals surface area contributed by atoms with Crippen LogP contribution in [-0.4, -0.2) is 11.0 Å². The van der Waals surface area contributed by atoms with Crippen LogP contribution in [0.25, 0.3) is 0 Å². The minimum absolute atomic E-state index is 0.0930. The fourth-order valence-electron chi connectivity index (χ4n) is 1.94. The molecule has 0 radical (unpaired) electrons. The van der Waals surface area contributed by atoms with E-state index in [1.807, 2.05) is 38.1 Å². The van der Waals surface area contributed by atoms with Crippen LogP contribution in [0.1, 0.15) is 27.0 Å². The van der Waals surface area contributed by atoms with E-state index in [0.717, 1.165) is 16.7 Å². The van der Waals surface area contributed by atoms with Crippen LogP contribution in [-0.2, 0) is 6.54 Å². The molecule has 2 rings (SSSR count). The highest BCUT2D eigenvalue weighted by Gasteiger charge is 2.09. The largest absolute Gasteiger partial charge is 0.508 e. The second-order valence-electron chi connectivity index (χ2n) is 4.60. The van der Waals surface area contributed by atoms with Crippen molar-refractivity contribution in [2.45, 2.75) is 20.4 Å². The maximum absolute atomic E-state index is 12.1. The minimum atomic E-state index is -0.0930. The Morgan fingerprint density at radius 3 is 2.63 bits per heavy atom. The first kappa shape index (κ1) is 13.1. The SMILES string of the molecule is Cc1cccc(C(=O)NCc2cccc(O)c2)c1C. The molecule has 0 fully saturated rings. The van der Waals surface area contributed by atoms with Gasteiger partial charge in [0.25, 0.3) is 5.91 Å². The number of carbonyl (C=O) groups excluding carboxylic acids is 1. The molecule has 0 atom stereocenters. The number of benzene rings is 2. The maximum Gasteiger partial charge on any atom is 0.251 e. The average molecular weight is 255 g/mol. The van der Waals surface area contributed by atoms with Gasteiger partial charge in [-0.15, -0.1) is 0 Å². The first-order valence-corrected chi connectivity index (χ1v) is 6.20. The van der Waals surface area contributed by atoms with Gasteiger partial charge < -0.3 is 10.4 Å². The number of hydrogen-bond donors (Lipinski definition) is 2. The van der Waals surface area contributed by atoms with Crippen LogP contribution >= 0.6 is 0 Å². The molecule has 0 aliphatic heterocycles. The summed E-state index contributed by atoms with van der Waals surface area (Å²) in [5, 5.41) is 12.2. The highest BCUT2D eigenvalue weighted by Crippen LogP contribution is 2.14. The van der Waals surface area contributed by atoms with Gasteiger partial charge in [-0.3, -0.25) is 4.79 Å². The van der Waals surface area contributed by atoms with E-state index in [0.29, 0.717) is 12.1 Å². The van der Waals surface area contributed by atoms with Gasteiger partial charge in [0, 0.05) is 12.1 Å². The molecule has 0 spiro atoms. The molecule has 19 heavy (non-hydrogen) atoms. The molecule has 2 N–H and O–H groups in total. The fourth-order valence-corrected chi connectivity index (χ4v) is 1.94. The van der Waals surface area contributed by atoms with Gasteiger partial charge in [0.15, 0.2) is 0 Å². The van der Waals surface area contributed by atoms with Gasteiger partial charge in [0.1, 0.15) is 5.75 Å². The van der Waals surface area contributed by atoms with Crippen molar-refractivity contribution in [3.8, 4) is 5.75 Å². The van der Waals surface area contributed by atoms with Crippen molar-refractivity contribution in [3.63, 3.8) is 0 Å². The summed E-state index contributed by atoms with van der Waals surface area (Å²) < 4.78 is 0. The number of phenols is 1. The molecule has 0 unspecified atom stereocenters. The Morgan fingerprint density at radius 1 is 1.16 bits per heavy atom. The number of nitrogens with one attached hydrogen (secondary N) is 1. The van der Waals surface area contributed by atoms with E-state index in [-0.39, 0.29) is 11.7 Å². The minimum Gasteiger partial charge on any atom is -0.508 e. The lowest BCUT2D eigenvalue weighted by Crippen LogP contribution is -2.23. The van der Waals surface area contributed by atoms with Crippen LogP contribution < -0.4 is 5.32 Å². The van der Waals surface area contributed by atoms with E-state index in [1.165, 1.54) is 0 Å². The van der Waals surface area contributed by atoms with Crippen molar-refractivity contribution in [3.05, 3.63) is 64.7 Å². The van der Waals surface area contributed by atoms with Crippen molar-refractivity contribution in [1.82, 2.24) is 5.32 Å². The van der Waals surface area contributed by atoms with Crippen LogP contribution in [0.2, 0.25) is 0 Å².